The minimum Gasteiger partial charge on any atom is -0.464 e. The molecule has 0 aliphatic carbocycles. The van der Waals surface area contributed by atoms with Gasteiger partial charge >= 0.3 is 0 Å². The van der Waals surface area contributed by atoms with Crippen molar-refractivity contribution >= 4 is 21.5 Å². The highest BCUT2D eigenvalue weighted by atomic mass is 16.8. The molecule has 0 radical (unpaired) electrons. The number of hydrogen-bond donors (Lipinski definition) is 0. The maximum absolute atomic E-state index is 6.02. The van der Waals surface area contributed by atoms with Gasteiger partial charge in [0.1, 0.15) is 11.5 Å². The molecule has 27 heavy (non-hydrogen) atoms. The van der Waals surface area contributed by atoms with E-state index in [-0.39, 0.29) is 0 Å². The van der Waals surface area contributed by atoms with E-state index in [4.69, 9.17) is 14.2 Å². The van der Waals surface area contributed by atoms with Gasteiger partial charge in [-0.25, -0.2) is 0 Å². The van der Waals surface area contributed by atoms with E-state index in [9.17, 15) is 0 Å². The van der Waals surface area contributed by atoms with Gasteiger partial charge in [0.2, 0.25) is 12.6 Å². The van der Waals surface area contributed by atoms with Crippen LogP contribution in [0, 0.1) is 0 Å². The fourth-order valence-corrected chi connectivity index (χ4v) is 3.28. The summed E-state index contributed by atoms with van der Waals surface area (Å²) in [5, 5.41) is 4.42. The van der Waals surface area contributed by atoms with E-state index in [1.54, 1.807) is 0 Å². The van der Waals surface area contributed by atoms with Crippen molar-refractivity contribution in [3.05, 3.63) is 84.9 Å². The van der Waals surface area contributed by atoms with E-state index in [1.165, 1.54) is 0 Å². The van der Waals surface area contributed by atoms with Crippen LogP contribution >= 0.6 is 0 Å². The summed E-state index contributed by atoms with van der Waals surface area (Å²) in [5.74, 6) is 1.61. The molecule has 0 saturated carbocycles. The lowest BCUT2D eigenvalue weighted by Gasteiger charge is -2.22. The summed E-state index contributed by atoms with van der Waals surface area (Å²) in [5.41, 5.74) is 0. The monoisotopic (exact) mass is 358 g/mol. The molecule has 136 valence electrons. The molecule has 0 spiro atoms. The first-order valence-corrected chi connectivity index (χ1v) is 9.15. The summed E-state index contributed by atoms with van der Waals surface area (Å²) in [4.78, 5) is 0. The average molecular weight is 358 g/mol. The minimum absolute atomic E-state index is 0.444. The summed E-state index contributed by atoms with van der Waals surface area (Å²) in [6, 6.07) is 28.3. The number of benzene rings is 4. The molecule has 2 unspecified atom stereocenters. The molecule has 3 nitrogen and oxygen atoms in total. The number of fused-ring (bicyclic) bond motifs is 2. The lowest BCUT2D eigenvalue weighted by molar-refractivity contribution is -0.167. The van der Waals surface area contributed by atoms with E-state index < -0.39 is 12.6 Å². The Labute approximate surface area is 159 Å². The highest BCUT2D eigenvalue weighted by Crippen LogP contribution is 2.28. The zero-order chi connectivity index (χ0) is 18.6. The van der Waals surface area contributed by atoms with Crippen LogP contribution in [-0.2, 0) is 4.74 Å². The summed E-state index contributed by atoms with van der Waals surface area (Å²) >= 11 is 0. The van der Waals surface area contributed by atoms with Crippen molar-refractivity contribution in [3.63, 3.8) is 0 Å². The SMILES string of the molecule is CC(Oc1cccc2ccccc12)OC(C)Oc1cccc2ccccc12. The van der Waals surface area contributed by atoms with Crippen molar-refractivity contribution in [2.75, 3.05) is 0 Å². The number of rotatable bonds is 6. The quantitative estimate of drug-likeness (QED) is 0.386. The molecule has 4 aromatic rings. The zero-order valence-electron chi connectivity index (χ0n) is 15.5. The van der Waals surface area contributed by atoms with Crippen LogP contribution in [0.2, 0.25) is 0 Å². The third kappa shape index (κ3) is 3.88. The first kappa shape index (κ1) is 17.4. The molecule has 4 aromatic carbocycles. The Morgan fingerprint density at radius 1 is 0.519 bits per heavy atom. The van der Waals surface area contributed by atoms with Crippen LogP contribution in [-0.4, -0.2) is 12.6 Å². The molecule has 0 fully saturated rings. The van der Waals surface area contributed by atoms with Gasteiger partial charge in [0.25, 0.3) is 0 Å². The normalized spacial score (nSPS) is 13.4. The summed E-state index contributed by atoms with van der Waals surface area (Å²) < 4.78 is 18.0. The van der Waals surface area contributed by atoms with E-state index >= 15 is 0 Å². The predicted molar refractivity (Wildman–Crippen MR) is 109 cm³/mol. The second kappa shape index (κ2) is 7.68. The molecule has 2 atom stereocenters. The van der Waals surface area contributed by atoms with Crippen molar-refractivity contribution < 1.29 is 14.2 Å². The van der Waals surface area contributed by atoms with E-state index in [0.29, 0.717) is 0 Å². The Bertz CT molecular complexity index is 962. The topological polar surface area (TPSA) is 27.7 Å². The molecule has 3 heteroatoms. The second-order valence-electron chi connectivity index (χ2n) is 6.46. The van der Waals surface area contributed by atoms with Crippen molar-refractivity contribution in [1.29, 1.82) is 0 Å². The molecular formula is C24H22O3. The molecule has 0 amide bonds. The largest absolute Gasteiger partial charge is 0.464 e. The molecule has 0 aliphatic rings. The second-order valence-corrected chi connectivity index (χ2v) is 6.46. The molecular weight excluding hydrogens is 336 g/mol. The van der Waals surface area contributed by atoms with Gasteiger partial charge in [-0.2, -0.15) is 0 Å². The van der Waals surface area contributed by atoms with Gasteiger partial charge in [0.05, 0.1) is 0 Å². The van der Waals surface area contributed by atoms with Crippen LogP contribution in [0.15, 0.2) is 84.9 Å². The maximum atomic E-state index is 6.02. The summed E-state index contributed by atoms with van der Waals surface area (Å²) in [7, 11) is 0. The van der Waals surface area contributed by atoms with Gasteiger partial charge in [-0.1, -0.05) is 72.8 Å². The van der Waals surface area contributed by atoms with Crippen LogP contribution < -0.4 is 9.47 Å². The molecule has 0 bridgehead atoms. The lowest BCUT2D eigenvalue weighted by atomic mass is 10.1. The molecule has 0 N–H and O–H groups in total. The van der Waals surface area contributed by atoms with Crippen LogP contribution in [0.3, 0.4) is 0 Å². The van der Waals surface area contributed by atoms with Crippen LogP contribution in [0.1, 0.15) is 13.8 Å². The van der Waals surface area contributed by atoms with Crippen molar-refractivity contribution in [3.8, 4) is 11.5 Å². The average Bonchev–Trinajstić information content (AvgIpc) is 2.68. The van der Waals surface area contributed by atoms with Gasteiger partial charge in [-0.15, -0.1) is 0 Å². The van der Waals surface area contributed by atoms with Crippen LogP contribution in [0.4, 0.5) is 0 Å². The number of ether oxygens (including phenoxy) is 3. The standard InChI is InChI=1S/C24H22O3/c1-17(26-23-15-7-11-19-9-3-5-13-21(19)23)25-18(2)27-24-16-8-12-20-10-4-6-14-22(20)24/h3-18H,1-2H3. The molecule has 0 aliphatic heterocycles. The third-order valence-electron chi connectivity index (χ3n) is 4.47. The van der Waals surface area contributed by atoms with Gasteiger partial charge in [-0.05, 0) is 36.8 Å². The third-order valence-corrected chi connectivity index (χ3v) is 4.47. The van der Waals surface area contributed by atoms with Crippen LogP contribution in [0.25, 0.3) is 21.5 Å². The fraction of sp³-hybridized carbons (Fsp3) is 0.167. The smallest absolute Gasteiger partial charge is 0.200 e. The maximum Gasteiger partial charge on any atom is 0.200 e. The van der Waals surface area contributed by atoms with Gasteiger partial charge in [-0.3, -0.25) is 0 Å². The lowest BCUT2D eigenvalue weighted by Crippen LogP contribution is -2.26. The predicted octanol–water partition coefficient (Wildman–Crippen LogP) is 6.16. The highest BCUT2D eigenvalue weighted by Gasteiger charge is 2.14. The number of hydrogen-bond acceptors (Lipinski definition) is 3. The fourth-order valence-electron chi connectivity index (χ4n) is 3.28. The van der Waals surface area contributed by atoms with E-state index in [2.05, 4.69) is 24.3 Å². The Morgan fingerprint density at radius 3 is 1.41 bits per heavy atom. The van der Waals surface area contributed by atoms with Crippen molar-refractivity contribution in [1.82, 2.24) is 0 Å². The molecule has 0 aromatic heterocycles. The van der Waals surface area contributed by atoms with Crippen molar-refractivity contribution in [2.24, 2.45) is 0 Å². The van der Waals surface area contributed by atoms with Crippen molar-refractivity contribution in [2.45, 2.75) is 26.4 Å². The molecule has 0 heterocycles. The first-order chi connectivity index (χ1) is 13.2. The van der Waals surface area contributed by atoms with Gasteiger partial charge in [0.15, 0.2) is 0 Å². The first-order valence-electron chi connectivity index (χ1n) is 9.15. The Hall–Kier alpha value is -3.04. The molecule has 0 saturated heterocycles. The highest BCUT2D eigenvalue weighted by molar-refractivity contribution is 5.88. The summed E-state index contributed by atoms with van der Waals surface area (Å²) in [6.07, 6.45) is -0.887. The van der Waals surface area contributed by atoms with Gasteiger partial charge in [0, 0.05) is 10.8 Å². The Balaban J connectivity index is 1.45. The zero-order valence-corrected chi connectivity index (χ0v) is 15.5. The van der Waals surface area contributed by atoms with E-state index in [0.717, 1.165) is 33.0 Å². The van der Waals surface area contributed by atoms with Crippen LogP contribution in [0.5, 0.6) is 11.5 Å². The Morgan fingerprint density at radius 2 is 0.926 bits per heavy atom. The van der Waals surface area contributed by atoms with E-state index in [1.807, 2.05) is 74.5 Å². The van der Waals surface area contributed by atoms with Gasteiger partial charge < -0.3 is 14.2 Å². The molecule has 4 rings (SSSR count). The minimum atomic E-state index is -0.444. The Kier molecular flexibility index (Phi) is 4.95. The summed E-state index contributed by atoms with van der Waals surface area (Å²) in [6.45, 7) is 3.76.